The Balaban J connectivity index is 2.22. The molecule has 1 aromatic carbocycles. The molecular weight excluding hydrogens is 340 g/mol. The Morgan fingerprint density at radius 2 is 1.69 bits per heavy atom. The van der Waals surface area contributed by atoms with Crippen molar-refractivity contribution in [3.8, 4) is 0 Å². The van der Waals surface area contributed by atoms with E-state index in [1.165, 1.54) is 24.4 Å². The number of para-hydroxylation sites is 1. The molecule has 26 heavy (non-hydrogen) atoms. The Bertz CT molecular complexity index is 770. The molecule has 2 amide bonds. The molecule has 0 fully saturated rings. The zero-order valence-electron chi connectivity index (χ0n) is 14.8. The fourth-order valence-electron chi connectivity index (χ4n) is 2.52. The quantitative estimate of drug-likeness (QED) is 0.814. The summed E-state index contributed by atoms with van der Waals surface area (Å²) in [7, 11) is 0. The number of rotatable bonds is 7. The fraction of sp³-hybridized carbons (Fsp3) is 0.316. The van der Waals surface area contributed by atoms with Gasteiger partial charge in [0.15, 0.2) is 0 Å². The molecule has 1 heterocycles. The van der Waals surface area contributed by atoms with Crippen molar-refractivity contribution in [2.24, 2.45) is 0 Å². The van der Waals surface area contributed by atoms with Crippen LogP contribution in [0.2, 0.25) is 0 Å². The van der Waals surface area contributed by atoms with Gasteiger partial charge >= 0.3 is 0 Å². The van der Waals surface area contributed by atoms with Crippen molar-refractivity contribution in [2.45, 2.75) is 26.7 Å². The Labute approximate surface area is 151 Å². The molecule has 0 radical (unpaired) electrons. The largest absolute Gasteiger partial charge is 0.339 e. The van der Waals surface area contributed by atoms with E-state index in [0.29, 0.717) is 18.7 Å². The van der Waals surface area contributed by atoms with Crippen molar-refractivity contribution < 1.29 is 18.4 Å². The van der Waals surface area contributed by atoms with Gasteiger partial charge in [0.2, 0.25) is 0 Å². The lowest BCUT2D eigenvalue weighted by Crippen LogP contribution is -2.32. The predicted molar refractivity (Wildman–Crippen MR) is 95.0 cm³/mol. The summed E-state index contributed by atoms with van der Waals surface area (Å²) < 4.78 is 27.3. The number of halogens is 2. The summed E-state index contributed by atoms with van der Waals surface area (Å²) in [5.74, 6) is -2.77. The second kappa shape index (κ2) is 9.03. The number of nitrogens with zero attached hydrogens (tertiary/aromatic N) is 2. The molecule has 0 atom stereocenters. The van der Waals surface area contributed by atoms with E-state index in [0.717, 1.165) is 25.0 Å². The Morgan fingerprint density at radius 1 is 1.08 bits per heavy atom. The molecule has 0 aliphatic carbocycles. The van der Waals surface area contributed by atoms with Crippen molar-refractivity contribution >= 4 is 17.5 Å². The molecule has 0 saturated heterocycles. The van der Waals surface area contributed by atoms with E-state index < -0.39 is 23.2 Å². The van der Waals surface area contributed by atoms with Gasteiger partial charge < -0.3 is 10.2 Å². The van der Waals surface area contributed by atoms with E-state index in [1.807, 2.05) is 13.8 Å². The summed E-state index contributed by atoms with van der Waals surface area (Å²) in [4.78, 5) is 30.5. The number of carbonyl (C=O) groups is 2. The van der Waals surface area contributed by atoms with Crippen LogP contribution in [-0.2, 0) is 0 Å². The molecule has 0 aliphatic heterocycles. The molecule has 0 saturated carbocycles. The minimum Gasteiger partial charge on any atom is -0.339 e. The van der Waals surface area contributed by atoms with Gasteiger partial charge in [-0.2, -0.15) is 0 Å². The van der Waals surface area contributed by atoms with Gasteiger partial charge in [0.25, 0.3) is 11.8 Å². The summed E-state index contributed by atoms with van der Waals surface area (Å²) in [6, 6.07) is 6.13. The van der Waals surface area contributed by atoms with Crippen LogP contribution in [0.3, 0.4) is 0 Å². The van der Waals surface area contributed by atoms with Crippen LogP contribution in [0.25, 0.3) is 0 Å². The Hall–Kier alpha value is -2.83. The van der Waals surface area contributed by atoms with Gasteiger partial charge in [-0.1, -0.05) is 19.9 Å². The number of nitrogens with one attached hydrogen (secondary N) is 1. The normalized spacial score (nSPS) is 10.5. The first kappa shape index (κ1) is 19.5. The minimum atomic E-state index is -0.886. The first-order chi connectivity index (χ1) is 12.5. The Kier molecular flexibility index (Phi) is 6.77. The maximum atomic E-state index is 13.7. The van der Waals surface area contributed by atoms with Crippen LogP contribution >= 0.6 is 0 Å². The average molecular weight is 361 g/mol. The summed E-state index contributed by atoms with van der Waals surface area (Å²) in [6.45, 7) is 5.17. The summed E-state index contributed by atoms with van der Waals surface area (Å²) in [6.07, 6.45) is 2.96. The minimum absolute atomic E-state index is 0.0912. The molecule has 5 nitrogen and oxygen atoms in total. The lowest BCUT2D eigenvalue weighted by Gasteiger charge is -2.21. The number of amides is 2. The highest BCUT2D eigenvalue weighted by Gasteiger charge is 2.18. The molecule has 2 rings (SSSR count). The van der Waals surface area contributed by atoms with Gasteiger partial charge in [0, 0.05) is 24.8 Å². The van der Waals surface area contributed by atoms with Crippen molar-refractivity contribution in [3.05, 3.63) is 59.4 Å². The van der Waals surface area contributed by atoms with Crippen LogP contribution in [0.4, 0.5) is 14.5 Å². The molecule has 138 valence electrons. The SMILES string of the molecule is CCCN(CCC)C(=O)c1ccnc(C(=O)Nc2c(F)cccc2F)c1. The molecule has 2 aromatic rings. The molecule has 0 unspecified atom stereocenters. The van der Waals surface area contributed by atoms with Crippen molar-refractivity contribution in [2.75, 3.05) is 18.4 Å². The van der Waals surface area contributed by atoms with Gasteiger partial charge in [-0.15, -0.1) is 0 Å². The first-order valence-electron chi connectivity index (χ1n) is 8.48. The van der Waals surface area contributed by atoms with Crippen LogP contribution in [0.1, 0.15) is 47.5 Å². The highest BCUT2D eigenvalue weighted by Crippen LogP contribution is 2.19. The lowest BCUT2D eigenvalue weighted by atomic mass is 10.1. The van der Waals surface area contributed by atoms with Crippen LogP contribution in [-0.4, -0.2) is 34.8 Å². The van der Waals surface area contributed by atoms with Crippen LogP contribution in [0.15, 0.2) is 36.5 Å². The number of anilines is 1. The number of aromatic nitrogens is 1. The van der Waals surface area contributed by atoms with E-state index in [9.17, 15) is 18.4 Å². The van der Waals surface area contributed by atoms with Crippen molar-refractivity contribution in [1.82, 2.24) is 9.88 Å². The maximum absolute atomic E-state index is 13.7. The second-order valence-electron chi connectivity index (χ2n) is 5.77. The highest BCUT2D eigenvalue weighted by molar-refractivity contribution is 6.04. The third kappa shape index (κ3) is 4.62. The number of hydrogen-bond acceptors (Lipinski definition) is 3. The molecule has 0 spiro atoms. The van der Waals surface area contributed by atoms with E-state index in [1.54, 1.807) is 4.90 Å². The summed E-state index contributed by atoms with van der Waals surface area (Å²) in [5.41, 5.74) is -0.331. The van der Waals surface area contributed by atoms with Crippen LogP contribution in [0, 0.1) is 11.6 Å². The van der Waals surface area contributed by atoms with E-state index in [2.05, 4.69) is 10.3 Å². The second-order valence-corrected chi connectivity index (χ2v) is 5.77. The third-order valence-corrected chi connectivity index (χ3v) is 3.72. The number of benzene rings is 1. The molecule has 0 aliphatic rings. The van der Waals surface area contributed by atoms with Crippen molar-refractivity contribution in [1.29, 1.82) is 0 Å². The lowest BCUT2D eigenvalue weighted by molar-refractivity contribution is 0.0755. The highest BCUT2D eigenvalue weighted by atomic mass is 19.1. The summed E-state index contributed by atoms with van der Waals surface area (Å²) in [5, 5.41) is 2.16. The zero-order chi connectivity index (χ0) is 19.1. The van der Waals surface area contributed by atoms with Crippen LogP contribution < -0.4 is 5.32 Å². The predicted octanol–water partition coefficient (Wildman–Crippen LogP) is 3.87. The molecule has 1 aromatic heterocycles. The summed E-state index contributed by atoms with van der Waals surface area (Å²) >= 11 is 0. The zero-order valence-corrected chi connectivity index (χ0v) is 14.8. The van der Waals surface area contributed by atoms with Crippen LogP contribution in [0.5, 0.6) is 0 Å². The number of hydrogen-bond donors (Lipinski definition) is 1. The number of pyridine rings is 1. The van der Waals surface area contributed by atoms with E-state index in [-0.39, 0.29) is 11.6 Å². The molecule has 1 N–H and O–H groups in total. The topological polar surface area (TPSA) is 62.3 Å². The third-order valence-electron chi connectivity index (χ3n) is 3.72. The van der Waals surface area contributed by atoms with Gasteiger partial charge in [-0.3, -0.25) is 14.6 Å². The molecule has 7 heteroatoms. The first-order valence-corrected chi connectivity index (χ1v) is 8.48. The van der Waals surface area contributed by atoms with E-state index >= 15 is 0 Å². The number of carbonyl (C=O) groups excluding carboxylic acids is 2. The average Bonchev–Trinajstić information content (AvgIpc) is 2.64. The smallest absolute Gasteiger partial charge is 0.274 e. The van der Waals surface area contributed by atoms with Gasteiger partial charge in [0.05, 0.1) is 0 Å². The molecular formula is C19H21F2N3O2. The van der Waals surface area contributed by atoms with Crippen molar-refractivity contribution in [3.63, 3.8) is 0 Å². The fourth-order valence-corrected chi connectivity index (χ4v) is 2.52. The monoisotopic (exact) mass is 361 g/mol. The maximum Gasteiger partial charge on any atom is 0.274 e. The standard InChI is InChI=1S/C19H21F2N3O2/c1-3-10-24(11-4-2)19(26)13-8-9-22-16(12-13)18(25)23-17-14(20)6-5-7-15(17)21/h5-9,12H,3-4,10-11H2,1-2H3,(H,23,25). The van der Waals surface area contributed by atoms with Gasteiger partial charge in [-0.25, -0.2) is 8.78 Å². The molecule has 0 bridgehead atoms. The Morgan fingerprint density at radius 3 is 2.27 bits per heavy atom. The van der Waals surface area contributed by atoms with Gasteiger partial charge in [0.1, 0.15) is 23.0 Å². The van der Waals surface area contributed by atoms with Gasteiger partial charge in [-0.05, 0) is 37.1 Å². The van der Waals surface area contributed by atoms with E-state index in [4.69, 9.17) is 0 Å².